The van der Waals surface area contributed by atoms with E-state index in [1.54, 1.807) is 19.2 Å². The van der Waals surface area contributed by atoms with Crippen molar-refractivity contribution in [3.63, 3.8) is 0 Å². The highest BCUT2D eigenvalue weighted by atomic mass is 28.3. The van der Waals surface area contributed by atoms with Gasteiger partial charge in [0, 0.05) is 55.8 Å². The fourth-order valence-corrected chi connectivity index (χ4v) is 11.7. The summed E-state index contributed by atoms with van der Waals surface area (Å²) in [6.07, 6.45) is 2.84. The number of ether oxygens (including phenoxy) is 1. The van der Waals surface area contributed by atoms with Gasteiger partial charge >= 0.3 is 0 Å². The lowest BCUT2D eigenvalue weighted by Crippen LogP contribution is -2.44. The molecule has 44 heavy (non-hydrogen) atoms. The average molecular weight is 619 g/mol. The molecule has 0 radical (unpaired) electrons. The van der Waals surface area contributed by atoms with Crippen molar-refractivity contribution in [2.75, 3.05) is 50.1 Å². The molecule has 0 saturated carbocycles. The van der Waals surface area contributed by atoms with Crippen molar-refractivity contribution in [2.45, 2.75) is 84.0 Å². The molecule has 1 aromatic carbocycles. The minimum Gasteiger partial charge on any atom is -0.491 e. The van der Waals surface area contributed by atoms with Gasteiger partial charge in [-0.15, -0.1) is 5.54 Å². The molecule has 1 aliphatic rings. The Hall–Kier alpha value is -3.39. The number of rotatable bonds is 11. The van der Waals surface area contributed by atoms with E-state index in [4.69, 9.17) is 4.74 Å². The van der Waals surface area contributed by atoms with Gasteiger partial charge in [-0.05, 0) is 55.6 Å². The average Bonchev–Trinajstić information content (AvgIpc) is 2.95. The number of hydrogen-bond acceptors (Lipinski definition) is 8. The molecule has 3 heterocycles. The highest BCUT2D eigenvalue weighted by molar-refractivity contribution is 6.90. The number of likely N-dealkylation sites (N-methyl/N-ethyl adjacent to an activating group) is 1. The predicted molar refractivity (Wildman–Crippen MR) is 184 cm³/mol. The fraction of sp³-hybridized carbons (Fsp3) is 0.559. The molecule has 238 valence electrons. The predicted octanol–water partition coefficient (Wildman–Crippen LogP) is 5.92. The van der Waals surface area contributed by atoms with Crippen molar-refractivity contribution < 1.29 is 9.84 Å². The van der Waals surface area contributed by atoms with E-state index in [0.29, 0.717) is 46.8 Å². The topological polar surface area (TPSA) is 107 Å². The monoisotopic (exact) mass is 618 g/mol. The Balaban J connectivity index is 1.63. The molecular formula is C34H50N6O3Si. The maximum Gasteiger partial charge on any atom is 0.250 e. The molecule has 2 aromatic heterocycles. The zero-order valence-corrected chi connectivity index (χ0v) is 28.7. The number of piperazine rings is 1. The van der Waals surface area contributed by atoms with Gasteiger partial charge in [-0.25, -0.2) is 4.98 Å². The standard InChI is InChI=1S/C34H50N6O3Si/c1-23(2)44(24(3)4,25(5)6)19-13-27-20-32(42)37-33-29(27)22-35-34(38-33)36-28-11-12-30(40-16-14-39(8)15-17-40)31(21-28)43-18-9-10-26(7)41/h11-12,20-26,41H,9-10,14-18H2,1-8H3,(H2,35,36,37,38,42)/t26-/m0/s1. The quantitative estimate of drug-likeness (QED) is 0.138. The summed E-state index contributed by atoms with van der Waals surface area (Å²) in [4.78, 5) is 29.5. The summed E-state index contributed by atoms with van der Waals surface area (Å²) in [6.45, 7) is 19.8. The first-order valence-corrected chi connectivity index (χ1v) is 18.2. The van der Waals surface area contributed by atoms with Crippen LogP contribution in [0.2, 0.25) is 16.6 Å². The van der Waals surface area contributed by atoms with Gasteiger partial charge in [-0.3, -0.25) is 4.79 Å². The molecule has 1 aliphatic heterocycles. The highest BCUT2D eigenvalue weighted by Gasteiger charge is 2.41. The van der Waals surface area contributed by atoms with E-state index in [1.807, 2.05) is 12.1 Å². The maximum atomic E-state index is 12.7. The molecule has 1 atom stereocenters. The first kappa shape index (κ1) is 33.5. The van der Waals surface area contributed by atoms with Crippen LogP contribution in [0.15, 0.2) is 35.3 Å². The normalized spacial score (nSPS) is 15.1. The molecule has 3 N–H and O–H groups in total. The first-order chi connectivity index (χ1) is 20.9. The van der Waals surface area contributed by atoms with Crippen molar-refractivity contribution >= 4 is 36.4 Å². The van der Waals surface area contributed by atoms with Gasteiger partial charge in [0.2, 0.25) is 5.95 Å². The van der Waals surface area contributed by atoms with Gasteiger partial charge < -0.3 is 29.9 Å². The molecule has 4 rings (SSSR count). The lowest BCUT2D eigenvalue weighted by atomic mass is 10.2. The molecule has 0 unspecified atom stereocenters. The number of aromatic amines is 1. The molecule has 0 amide bonds. The lowest BCUT2D eigenvalue weighted by Gasteiger charge is -2.38. The number of pyridine rings is 1. The molecule has 10 heteroatoms. The zero-order valence-electron chi connectivity index (χ0n) is 27.7. The van der Waals surface area contributed by atoms with Crippen molar-refractivity contribution in [1.82, 2.24) is 19.9 Å². The number of aliphatic hydroxyl groups is 1. The Kier molecular flexibility index (Phi) is 11.1. The number of fused-ring (bicyclic) bond motifs is 1. The number of nitrogens with one attached hydrogen (secondary N) is 2. The van der Waals surface area contributed by atoms with Gasteiger partial charge in [0.05, 0.1) is 23.8 Å². The third-order valence-electron chi connectivity index (χ3n) is 8.96. The van der Waals surface area contributed by atoms with Crippen LogP contribution in [-0.2, 0) is 0 Å². The van der Waals surface area contributed by atoms with Crippen LogP contribution >= 0.6 is 0 Å². The number of anilines is 3. The highest BCUT2D eigenvalue weighted by Crippen LogP contribution is 2.41. The van der Waals surface area contributed by atoms with E-state index in [9.17, 15) is 9.90 Å². The summed E-state index contributed by atoms with van der Waals surface area (Å²) < 4.78 is 6.25. The van der Waals surface area contributed by atoms with E-state index < -0.39 is 8.07 Å². The summed E-state index contributed by atoms with van der Waals surface area (Å²) in [5.41, 5.74) is 7.91. The number of benzene rings is 1. The van der Waals surface area contributed by atoms with Crippen molar-refractivity contribution in [3.8, 4) is 17.2 Å². The van der Waals surface area contributed by atoms with Crippen LogP contribution in [0.3, 0.4) is 0 Å². The molecule has 1 fully saturated rings. The van der Waals surface area contributed by atoms with E-state index in [1.165, 1.54) is 0 Å². The summed E-state index contributed by atoms with van der Waals surface area (Å²) in [6, 6.07) is 7.61. The van der Waals surface area contributed by atoms with E-state index in [-0.39, 0.29) is 11.7 Å². The molecular weight excluding hydrogens is 568 g/mol. The molecule has 0 aliphatic carbocycles. The summed E-state index contributed by atoms with van der Waals surface area (Å²) in [5.74, 6) is 4.57. The number of aromatic nitrogens is 3. The van der Waals surface area contributed by atoms with Gasteiger partial charge in [0.25, 0.3) is 5.56 Å². The summed E-state index contributed by atoms with van der Waals surface area (Å²) >= 11 is 0. The van der Waals surface area contributed by atoms with E-state index in [2.05, 4.69) is 96.2 Å². The minimum atomic E-state index is -1.98. The van der Waals surface area contributed by atoms with Gasteiger partial charge in [0.15, 0.2) is 0 Å². The first-order valence-electron chi connectivity index (χ1n) is 16.0. The fourth-order valence-electron chi connectivity index (χ4n) is 6.51. The van der Waals surface area contributed by atoms with Gasteiger partial charge in [-0.2, -0.15) is 4.98 Å². The number of H-pyrrole nitrogens is 1. The Morgan fingerprint density at radius 2 is 1.73 bits per heavy atom. The van der Waals surface area contributed by atoms with Crippen molar-refractivity contribution in [2.24, 2.45) is 0 Å². The second-order valence-electron chi connectivity index (χ2n) is 13.1. The van der Waals surface area contributed by atoms with Crippen LogP contribution in [0.25, 0.3) is 11.0 Å². The molecule has 0 bridgehead atoms. The Morgan fingerprint density at radius 1 is 1.05 bits per heavy atom. The van der Waals surface area contributed by atoms with Crippen LogP contribution in [0.4, 0.5) is 17.3 Å². The lowest BCUT2D eigenvalue weighted by molar-refractivity contribution is 0.170. The number of nitrogens with zero attached hydrogens (tertiary/aromatic N) is 4. The smallest absolute Gasteiger partial charge is 0.250 e. The Morgan fingerprint density at radius 3 is 2.36 bits per heavy atom. The Labute approximate surface area is 263 Å². The third-order valence-corrected chi connectivity index (χ3v) is 15.2. The Bertz CT molecular complexity index is 1510. The van der Waals surface area contributed by atoms with Crippen LogP contribution in [0.5, 0.6) is 5.75 Å². The second-order valence-corrected chi connectivity index (χ2v) is 18.7. The molecule has 3 aromatic rings. The SMILES string of the molecule is CC(C)[Si](C#Cc1cc(=O)[nH]c2nc(Nc3ccc(N4CCN(C)CC4)c(OCCC[C@H](C)O)c3)ncc12)(C(C)C)C(C)C. The van der Waals surface area contributed by atoms with Crippen LogP contribution in [0, 0.1) is 11.5 Å². The third kappa shape index (κ3) is 7.81. The van der Waals surface area contributed by atoms with E-state index in [0.717, 1.165) is 55.1 Å². The van der Waals surface area contributed by atoms with Gasteiger partial charge in [0.1, 0.15) is 19.5 Å². The summed E-state index contributed by atoms with van der Waals surface area (Å²) in [5, 5.41) is 13.7. The van der Waals surface area contributed by atoms with Gasteiger partial charge in [-0.1, -0.05) is 47.5 Å². The molecule has 9 nitrogen and oxygen atoms in total. The van der Waals surface area contributed by atoms with Crippen molar-refractivity contribution in [1.29, 1.82) is 0 Å². The number of aliphatic hydroxyl groups excluding tert-OH is 1. The molecule has 0 spiro atoms. The minimum absolute atomic E-state index is 0.234. The maximum absolute atomic E-state index is 12.7. The molecule has 1 saturated heterocycles. The largest absolute Gasteiger partial charge is 0.491 e. The van der Waals surface area contributed by atoms with Crippen LogP contribution in [-0.4, -0.2) is 79.0 Å². The van der Waals surface area contributed by atoms with Crippen molar-refractivity contribution in [3.05, 3.63) is 46.4 Å². The van der Waals surface area contributed by atoms with Crippen LogP contribution < -0.4 is 20.5 Å². The zero-order chi connectivity index (χ0) is 32.0. The number of hydrogen-bond donors (Lipinski definition) is 3. The summed E-state index contributed by atoms with van der Waals surface area (Å²) in [7, 11) is 0.163. The second kappa shape index (κ2) is 14.6. The van der Waals surface area contributed by atoms with E-state index >= 15 is 0 Å². The van der Waals surface area contributed by atoms with Crippen LogP contribution in [0.1, 0.15) is 66.9 Å².